The molecular formula is C17H20N2OSi. The van der Waals surface area contributed by atoms with E-state index in [4.69, 9.17) is 9.84 Å². The van der Waals surface area contributed by atoms with E-state index in [9.17, 15) is 0 Å². The van der Waals surface area contributed by atoms with Gasteiger partial charge < -0.3 is 4.74 Å². The Morgan fingerprint density at radius 3 is 2.24 bits per heavy atom. The second-order valence-electron chi connectivity index (χ2n) is 6.23. The Kier molecular flexibility index (Phi) is 3.33. The lowest BCUT2D eigenvalue weighted by Crippen LogP contribution is -2.39. The van der Waals surface area contributed by atoms with Crippen LogP contribution in [0.5, 0.6) is 5.75 Å². The molecular weight excluding hydrogens is 276 g/mol. The maximum absolute atomic E-state index is 5.23. The highest BCUT2D eigenvalue weighted by Crippen LogP contribution is 2.21. The first-order chi connectivity index (χ1) is 10.0. The predicted molar refractivity (Wildman–Crippen MR) is 90.6 cm³/mol. The van der Waals surface area contributed by atoms with Crippen molar-refractivity contribution in [2.24, 2.45) is 0 Å². The van der Waals surface area contributed by atoms with Gasteiger partial charge in [-0.25, -0.2) is 4.68 Å². The molecule has 3 nitrogen and oxygen atoms in total. The van der Waals surface area contributed by atoms with Gasteiger partial charge in [-0.1, -0.05) is 37.8 Å². The highest BCUT2D eigenvalue weighted by Gasteiger charge is 2.24. The first-order valence-corrected chi connectivity index (χ1v) is 10.6. The Morgan fingerprint density at radius 1 is 0.952 bits per heavy atom. The van der Waals surface area contributed by atoms with Crippen LogP contribution in [-0.4, -0.2) is 25.0 Å². The maximum Gasteiger partial charge on any atom is 0.119 e. The Balaban J connectivity index is 2.22. The van der Waals surface area contributed by atoms with Crippen LogP contribution in [0.4, 0.5) is 0 Å². The average Bonchev–Trinajstić information content (AvgIpc) is 2.87. The molecule has 1 heterocycles. The zero-order valence-corrected chi connectivity index (χ0v) is 13.9. The van der Waals surface area contributed by atoms with E-state index in [1.807, 2.05) is 28.9 Å². The monoisotopic (exact) mass is 296 g/mol. The first-order valence-electron chi connectivity index (χ1n) is 7.13. The molecule has 108 valence electrons. The lowest BCUT2D eigenvalue weighted by molar-refractivity contribution is 0.414. The second-order valence-corrected chi connectivity index (χ2v) is 11.2. The summed E-state index contributed by atoms with van der Waals surface area (Å²) in [5.41, 5.74) is 2.23. The van der Waals surface area contributed by atoms with Gasteiger partial charge in [0, 0.05) is 5.39 Å². The molecule has 0 aliphatic rings. The van der Waals surface area contributed by atoms with Gasteiger partial charge in [-0.05, 0) is 30.3 Å². The third-order valence-electron chi connectivity index (χ3n) is 3.61. The molecule has 1 aromatic heterocycles. The van der Waals surface area contributed by atoms with Crippen molar-refractivity contribution in [1.82, 2.24) is 9.78 Å². The minimum Gasteiger partial charge on any atom is -0.497 e. The molecule has 3 rings (SSSR count). The molecule has 0 fully saturated rings. The molecule has 0 atom stereocenters. The van der Waals surface area contributed by atoms with Gasteiger partial charge in [0.1, 0.15) is 13.8 Å². The fraction of sp³-hybridized carbons (Fsp3) is 0.235. The van der Waals surface area contributed by atoms with Crippen molar-refractivity contribution < 1.29 is 4.74 Å². The molecule has 21 heavy (non-hydrogen) atoms. The predicted octanol–water partition coefficient (Wildman–Crippen LogP) is 3.58. The van der Waals surface area contributed by atoms with E-state index in [1.54, 1.807) is 7.11 Å². The minimum absolute atomic E-state index is 0.862. The van der Waals surface area contributed by atoms with Crippen LogP contribution in [0.2, 0.25) is 19.6 Å². The van der Waals surface area contributed by atoms with Crippen LogP contribution in [-0.2, 0) is 0 Å². The maximum atomic E-state index is 5.23. The van der Waals surface area contributed by atoms with E-state index in [1.165, 1.54) is 16.2 Å². The fourth-order valence-corrected chi connectivity index (χ4v) is 3.96. The van der Waals surface area contributed by atoms with Crippen LogP contribution in [0, 0.1) is 0 Å². The van der Waals surface area contributed by atoms with Gasteiger partial charge in [0.05, 0.1) is 23.6 Å². The van der Waals surface area contributed by atoms with Gasteiger partial charge >= 0.3 is 0 Å². The number of ether oxygens (including phenoxy) is 1. The molecule has 0 bridgehead atoms. The van der Waals surface area contributed by atoms with Crippen LogP contribution in [0.3, 0.4) is 0 Å². The van der Waals surface area contributed by atoms with E-state index in [2.05, 4.69) is 43.9 Å². The lowest BCUT2D eigenvalue weighted by atomic mass is 10.2. The quantitative estimate of drug-likeness (QED) is 0.691. The number of hydrogen-bond donors (Lipinski definition) is 0. The summed E-state index contributed by atoms with van der Waals surface area (Å²) in [6.07, 6.45) is 0. The van der Waals surface area contributed by atoms with Crippen molar-refractivity contribution in [1.29, 1.82) is 0 Å². The third-order valence-corrected chi connectivity index (χ3v) is 5.40. The summed E-state index contributed by atoms with van der Waals surface area (Å²) >= 11 is 0. The van der Waals surface area contributed by atoms with Crippen molar-refractivity contribution >= 4 is 24.3 Å². The van der Waals surface area contributed by atoms with Gasteiger partial charge in [-0.3, -0.25) is 0 Å². The standard InChI is InChI=1S/C17H20N2OSi/c1-20-14-11-9-13(10-12-14)19-16-8-6-5-7-15(16)17(18-19)21(2,3)4/h5-12H,1-4H3. The Labute approximate surface area is 126 Å². The van der Waals surface area contributed by atoms with Crippen LogP contribution >= 0.6 is 0 Å². The Hall–Kier alpha value is -2.07. The number of hydrogen-bond acceptors (Lipinski definition) is 2. The highest BCUT2D eigenvalue weighted by atomic mass is 28.3. The van der Waals surface area contributed by atoms with Crippen molar-refractivity contribution in [3.8, 4) is 11.4 Å². The summed E-state index contributed by atoms with van der Waals surface area (Å²) in [5.74, 6) is 0.862. The number of aromatic nitrogens is 2. The molecule has 2 aromatic carbocycles. The summed E-state index contributed by atoms with van der Waals surface area (Å²) in [7, 11) is 0.198. The SMILES string of the molecule is COc1ccc(-n2nc([Si](C)(C)C)c3ccccc32)cc1. The summed E-state index contributed by atoms with van der Waals surface area (Å²) in [6, 6.07) is 16.5. The smallest absolute Gasteiger partial charge is 0.119 e. The number of rotatable bonds is 3. The zero-order chi connectivity index (χ0) is 15.0. The molecule has 0 saturated heterocycles. The molecule has 0 radical (unpaired) electrons. The highest BCUT2D eigenvalue weighted by molar-refractivity contribution is 6.89. The number of para-hydroxylation sites is 1. The van der Waals surface area contributed by atoms with Crippen molar-refractivity contribution in [2.75, 3.05) is 7.11 Å². The third kappa shape index (κ3) is 2.47. The van der Waals surface area contributed by atoms with E-state index in [-0.39, 0.29) is 0 Å². The molecule has 0 unspecified atom stereocenters. The molecule has 4 heteroatoms. The van der Waals surface area contributed by atoms with Gasteiger partial charge in [0.2, 0.25) is 0 Å². The normalized spacial score (nSPS) is 11.8. The molecule has 0 amide bonds. The van der Waals surface area contributed by atoms with Crippen LogP contribution in [0.1, 0.15) is 0 Å². The minimum atomic E-state index is -1.48. The summed E-state index contributed by atoms with van der Waals surface area (Å²) in [4.78, 5) is 0. The number of methoxy groups -OCH3 is 1. The van der Waals surface area contributed by atoms with Gasteiger partial charge in [0.25, 0.3) is 0 Å². The number of nitrogens with zero attached hydrogens (tertiary/aromatic N) is 2. The van der Waals surface area contributed by atoms with Gasteiger partial charge in [-0.2, -0.15) is 5.10 Å². The second kappa shape index (κ2) is 5.04. The van der Waals surface area contributed by atoms with E-state index in [0.29, 0.717) is 0 Å². The van der Waals surface area contributed by atoms with Crippen molar-refractivity contribution in [3.63, 3.8) is 0 Å². The zero-order valence-electron chi connectivity index (χ0n) is 12.9. The summed E-state index contributed by atoms with van der Waals surface area (Å²) in [6.45, 7) is 7.00. The first kappa shape index (κ1) is 13.9. The largest absolute Gasteiger partial charge is 0.497 e. The van der Waals surface area contributed by atoms with E-state index < -0.39 is 8.07 Å². The van der Waals surface area contributed by atoms with Gasteiger partial charge in [0.15, 0.2) is 0 Å². The average molecular weight is 296 g/mol. The lowest BCUT2D eigenvalue weighted by Gasteiger charge is -2.12. The fourth-order valence-electron chi connectivity index (χ4n) is 2.54. The van der Waals surface area contributed by atoms with Crippen LogP contribution in [0.15, 0.2) is 48.5 Å². The van der Waals surface area contributed by atoms with E-state index in [0.717, 1.165) is 11.4 Å². The topological polar surface area (TPSA) is 27.1 Å². The molecule has 0 spiro atoms. The van der Waals surface area contributed by atoms with Crippen molar-refractivity contribution in [2.45, 2.75) is 19.6 Å². The summed E-state index contributed by atoms with van der Waals surface area (Å²) in [5, 5.41) is 7.45. The molecule has 0 aliphatic heterocycles. The number of benzene rings is 2. The molecule has 0 aliphatic carbocycles. The Bertz CT molecular complexity index is 770. The Morgan fingerprint density at radius 2 is 1.62 bits per heavy atom. The molecule has 3 aromatic rings. The summed E-state index contributed by atoms with van der Waals surface area (Å²) < 4.78 is 7.27. The van der Waals surface area contributed by atoms with Crippen molar-refractivity contribution in [3.05, 3.63) is 48.5 Å². The van der Waals surface area contributed by atoms with E-state index >= 15 is 0 Å². The van der Waals surface area contributed by atoms with Crippen LogP contribution < -0.4 is 10.1 Å². The molecule has 0 N–H and O–H groups in total. The van der Waals surface area contributed by atoms with Gasteiger partial charge in [-0.15, -0.1) is 0 Å². The van der Waals surface area contributed by atoms with Crippen LogP contribution in [0.25, 0.3) is 16.6 Å². The molecule has 0 saturated carbocycles. The number of fused-ring (bicyclic) bond motifs is 1.